The Bertz CT molecular complexity index is 1300. The van der Waals surface area contributed by atoms with Crippen LogP contribution in [0, 0.1) is 17.3 Å². The van der Waals surface area contributed by atoms with Crippen LogP contribution in [0.2, 0.25) is 0 Å². The molecule has 3 aromatic rings. The maximum atomic E-state index is 12.7. The quantitative estimate of drug-likeness (QED) is 0.0908. The number of aliphatic hydroxyl groups excluding tert-OH is 4. The summed E-state index contributed by atoms with van der Waals surface area (Å²) in [6.45, 7) is 12.6. The Morgan fingerprint density at radius 1 is 0.864 bits per heavy atom. The van der Waals surface area contributed by atoms with Crippen LogP contribution in [-0.2, 0) is 16.0 Å². The van der Waals surface area contributed by atoms with Gasteiger partial charge in [0.15, 0.2) is 0 Å². The summed E-state index contributed by atoms with van der Waals surface area (Å²) >= 11 is 1.70. The highest BCUT2D eigenvalue weighted by molar-refractivity contribution is 7.22. The van der Waals surface area contributed by atoms with E-state index in [0.717, 1.165) is 22.9 Å². The van der Waals surface area contributed by atoms with Crippen LogP contribution in [0.3, 0.4) is 0 Å². The Morgan fingerprint density at radius 3 is 2.14 bits per heavy atom. The topological polar surface area (TPSA) is 116 Å². The second-order valence-corrected chi connectivity index (χ2v) is 14.0. The van der Waals surface area contributed by atoms with Gasteiger partial charge < -0.3 is 29.9 Å². The first-order valence-corrected chi connectivity index (χ1v) is 16.8. The summed E-state index contributed by atoms with van der Waals surface area (Å²) in [7, 11) is 0. The molecule has 244 valence electrons. The average Bonchev–Trinajstić information content (AvgIpc) is 3.42. The summed E-state index contributed by atoms with van der Waals surface area (Å²) in [5.41, 5.74) is 1.92. The number of aryl methyl sites for hydroxylation is 1. The predicted octanol–water partition coefficient (Wildman–Crippen LogP) is 6.77. The van der Waals surface area contributed by atoms with Crippen LogP contribution in [0.1, 0.15) is 79.2 Å². The molecule has 2 aromatic carbocycles. The van der Waals surface area contributed by atoms with Crippen molar-refractivity contribution < 1.29 is 34.7 Å². The fraction of sp³-hybridized carbons (Fsp3) is 0.583. The van der Waals surface area contributed by atoms with Crippen LogP contribution >= 0.6 is 11.3 Å². The van der Waals surface area contributed by atoms with E-state index in [2.05, 4.69) is 51.1 Å². The molecule has 1 aromatic heterocycles. The second-order valence-electron chi connectivity index (χ2n) is 13.0. The lowest BCUT2D eigenvalue weighted by Gasteiger charge is -2.33. The number of rotatable bonds is 18. The van der Waals surface area contributed by atoms with Crippen LogP contribution in [0.4, 0.5) is 0 Å². The lowest BCUT2D eigenvalue weighted by atomic mass is 9.73. The fourth-order valence-corrected chi connectivity index (χ4v) is 6.51. The minimum absolute atomic E-state index is 0.134. The van der Waals surface area contributed by atoms with E-state index in [4.69, 9.17) is 9.47 Å². The molecule has 0 spiro atoms. The molecule has 5 atom stereocenters. The van der Waals surface area contributed by atoms with Gasteiger partial charge in [0.25, 0.3) is 0 Å². The van der Waals surface area contributed by atoms with Gasteiger partial charge in [-0.3, -0.25) is 4.79 Å². The monoisotopic (exact) mass is 628 g/mol. The molecule has 44 heavy (non-hydrogen) atoms. The summed E-state index contributed by atoms with van der Waals surface area (Å²) < 4.78 is 12.5. The highest BCUT2D eigenvalue weighted by Crippen LogP contribution is 2.37. The lowest BCUT2D eigenvalue weighted by molar-refractivity contribution is -0.159. The minimum atomic E-state index is -1.22. The van der Waals surface area contributed by atoms with Crippen molar-refractivity contribution in [3.63, 3.8) is 0 Å². The Morgan fingerprint density at radius 2 is 1.52 bits per heavy atom. The largest absolute Gasteiger partial charge is 0.493 e. The van der Waals surface area contributed by atoms with E-state index in [1.165, 1.54) is 16.0 Å². The van der Waals surface area contributed by atoms with E-state index in [9.17, 15) is 25.2 Å². The maximum absolute atomic E-state index is 12.7. The zero-order valence-electron chi connectivity index (χ0n) is 27.2. The van der Waals surface area contributed by atoms with Gasteiger partial charge in [0.2, 0.25) is 0 Å². The number of hydrogen-bond acceptors (Lipinski definition) is 8. The maximum Gasteiger partial charge on any atom is 0.312 e. The molecule has 0 bridgehead atoms. The van der Waals surface area contributed by atoms with Gasteiger partial charge in [-0.25, -0.2) is 0 Å². The molecule has 3 rings (SSSR count). The standard InChI is InChI=1S/C36H52O7S/c1-7-25-10-12-26(13-11-25)33-19-27-14-15-28(20-34(27)44-33)42-18-16-30(38)32(40)21-31(39)29(37)9-8-17-43-35(41)36(6,24(4)5)22-23(2)3/h10-15,19-20,23-24,29-32,37-40H,7-9,16-18,21-22H2,1-6H3. The van der Waals surface area contributed by atoms with E-state index in [0.29, 0.717) is 18.1 Å². The first-order chi connectivity index (χ1) is 20.8. The number of carbonyl (C=O) groups is 1. The number of esters is 1. The second kappa shape index (κ2) is 16.7. The first kappa shape index (κ1) is 36.0. The molecule has 4 N–H and O–H groups in total. The van der Waals surface area contributed by atoms with Crippen molar-refractivity contribution in [1.82, 2.24) is 0 Å². The number of thiophene rings is 1. The van der Waals surface area contributed by atoms with Crippen molar-refractivity contribution in [2.75, 3.05) is 13.2 Å². The minimum Gasteiger partial charge on any atom is -0.493 e. The molecule has 1 heterocycles. The highest BCUT2D eigenvalue weighted by atomic mass is 32.1. The molecule has 0 saturated carbocycles. The highest BCUT2D eigenvalue weighted by Gasteiger charge is 2.38. The molecular weight excluding hydrogens is 576 g/mol. The van der Waals surface area contributed by atoms with Crippen LogP contribution < -0.4 is 4.74 Å². The Hall–Kier alpha value is -2.49. The molecule has 0 aliphatic heterocycles. The van der Waals surface area contributed by atoms with Crippen molar-refractivity contribution in [1.29, 1.82) is 0 Å². The lowest BCUT2D eigenvalue weighted by Crippen LogP contribution is -2.37. The number of hydrogen-bond donors (Lipinski definition) is 4. The molecule has 7 nitrogen and oxygen atoms in total. The molecular formula is C36H52O7S. The third-order valence-electron chi connectivity index (χ3n) is 8.64. The van der Waals surface area contributed by atoms with Crippen LogP contribution in [0.25, 0.3) is 20.5 Å². The van der Waals surface area contributed by atoms with Gasteiger partial charge >= 0.3 is 5.97 Å². The number of benzene rings is 2. The zero-order chi connectivity index (χ0) is 32.4. The Balaban J connectivity index is 1.39. The van der Waals surface area contributed by atoms with E-state index in [1.54, 1.807) is 11.3 Å². The third-order valence-corrected chi connectivity index (χ3v) is 9.79. The van der Waals surface area contributed by atoms with Gasteiger partial charge in [-0.1, -0.05) is 58.9 Å². The average molecular weight is 629 g/mol. The summed E-state index contributed by atoms with van der Waals surface area (Å²) in [6, 6.07) is 16.7. The number of ether oxygens (including phenoxy) is 2. The van der Waals surface area contributed by atoms with Crippen molar-refractivity contribution in [2.45, 2.75) is 104 Å². The van der Waals surface area contributed by atoms with Gasteiger partial charge in [-0.05, 0) is 85.2 Å². The van der Waals surface area contributed by atoms with E-state index < -0.39 is 29.8 Å². The van der Waals surface area contributed by atoms with Crippen LogP contribution in [-0.4, -0.2) is 64.0 Å². The smallest absolute Gasteiger partial charge is 0.312 e. The van der Waals surface area contributed by atoms with Gasteiger partial charge in [0.1, 0.15) is 5.75 Å². The van der Waals surface area contributed by atoms with E-state index >= 15 is 0 Å². The van der Waals surface area contributed by atoms with Crippen molar-refractivity contribution >= 4 is 27.4 Å². The molecule has 0 aliphatic rings. The number of fused-ring (bicyclic) bond motifs is 1. The normalized spacial score (nSPS) is 16.1. The van der Waals surface area contributed by atoms with Crippen molar-refractivity contribution in [3.05, 3.63) is 54.1 Å². The number of carbonyl (C=O) groups excluding carboxylic acids is 1. The van der Waals surface area contributed by atoms with Gasteiger partial charge in [-0.2, -0.15) is 0 Å². The predicted molar refractivity (Wildman–Crippen MR) is 178 cm³/mol. The summed E-state index contributed by atoms with van der Waals surface area (Å²) in [5.74, 6) is 0.937. The SMILES string of the molecule is CCc1ccc(-c2cc3ccc(OCCC(O)C(O)CC(O)C(O)CCCOC(=O)C(C)(CC(C)C)C(C)C)cc3s2)cc1. The Kier molecular flexibility index (Phi) is 13.7. The first-order valence-electron chi connectivity index (χ1n) is 16.0. The fourth-order valence-electron chi connectivity index (χ4n) is 5.42. The van der Waals surface area contributed by atoms with E-state index in [-0.39, 0.29) is 44.4 Å². The van der Waals surface area contributed by atoms with Crippen molar-refractivity contribution in [3.8, 4) is 16.2 Å². The van der Waals surface area contributed by atoms with Gasteiger partial charge in [0.05, 0.1) is 43.0 Å². The summed E-state index contributed by atoms with van der Waals surface area (Å²) in [6.07, 6.45) is -2.33. The molecule has 0 saturated heterocycles. The van der Waals surface area contributed by atoms with Crippen LogP contribution in [0.15, 0.2) is 48.5 Å². The van der Waals surface area contributed by atoms with E-state index in [1.807, 2.05) is 39.0 Å². The van der Waals surface area contributed by atoms with Gasteiger partial charge in [0, 0.05) is 22.4 Å². The van der Waals surface area contributed by atoms with Crippen LogP contribution in [0.5, 0.6) is 5.75 Å². The third kappa shape index (κ3) is 10.0. The zero-order valence-corrected chi connectivity index (χ0v) is 28.0. The van der Waals surface area contributed by atoms with Crippen molar-refractivity contribution in [2.24, 2.45) is 17.3 Å². The Labute approximate surface area is 266 Å². The number of aliphatic hydroxyl groups is 4. The summed E-state index contributed by atoms with van der Waals surface area (Å²) in [4.78, 5) is 13.9. The molecule has 8 heteroatoms. The molecule has 0 radical (unpaired) electrons. The van der Waals surface area contributed by atoms with Gasteiger partial charge in [-0.15, -0.1) is 11.3 Å². The molecule has 0 amide bonds. The molecule has 5 unspecified atom stereocenters. The molecule has 0 aliphatic carbocycles. The summed E-state index contributed by atoms with van der Waals surface area (Å²) in [5, 5.41) is 42.8. The molecule has 0 fully saturated rings.